The molecular weight excluding hydrogens is 466 g/mol. The van der Waals surface area contributed by atoms with Gasteiger partial charge < -0.3 is 15.9 Å². The summed E-state index contributed by atoms with van der Waals surface area (Å²) in [6, 6.07) is 3.00. The number of carbonyl (C=O) groups excluding carboxylic acids is 6. The molecule has 0 aliphatic heterocycles. The average molecular weight is 498 g/mol. The molecule has 192 valence electrons. The number of amides is 1. The van der Waals surface area contributed by atoms with Gasteiger partial charge in [0.1, 0.15) is 11.5 Å². The molecule has 9 heteroatoms. The molecular formula is C27H31NO8. The molecule has 0 spiro atoms. The van der Waals surface area contributed by atoms with Crippen LogP contribution in [0, 0.1) is 35.5 Å². The van der Waals surface area contributed by atoms with Crippen LogP contribution in [-0.4, -0.2) is 50.6 Å². The van der Waals surface area contributed by atoms with E-state index >= 15 is 0 Å². The van der Waals surface area contributed by atoms with Crippen LogP contribution in [0.15, 0.2) is 12.1 Å². The lowest BCUT2D eigenvalue weighted by Gasteiger charge is -2.52. The van der Waals surface area contributed by atoms with Crippen molar-refractivity contribution in [3.8, 4) is 5.75 Å². The average Bonchev–Trinajstić information content (AvgIpc) is 2.80. The fourth-order valence-electron chi connectivity index (χ4n) is 6.60. The number of aryl methyl sites for hydroxylation is 1. The van der Waals surface area contributed by atoms with Crippen molar-refractivity contribution in [1.29, 1.82) is 0 Å². The largest absolute Gasteiger partial charge is 0.507 e. The highest BCUT2D eigenvalue weighted by atomic mass is 16.3. The predicted molar refractivity (Wildman–Crippen MR) is 126 cm³/mol. The van der Waals surface area contributed by atoms with E-state index in [0.29, 0.717) is 18.4 Å². The van der Waals surface area contributed by atoms with Gasteiger partial charge in [0.05, 0.1) is 11.5 Å². The summed E-state index contributed by atoms with van der Waals surface area (Å²) in [6.45, 7) is 5.17. The molecule has 3 aliphatic carbocycles. The summed E-state index contributed by atoms with van der Waals surface area (Å²) < 4.78 is 0. The van der Waals surface area contributed by atoms with Gasteiger partial charge >= 0.3 is 0 Å². The number of aliphatic hydroxyl groups is 1. The lowest BCUT2D eigenvalue weighted by Crippen LogP contribution is -2.71. The number of rotatable bonds is 6. The number of benzene rings is 1. The monoisotopic (exact) mass is 497 g/mol. The van der Waals surface area contributed by atoms with Crippen LogP contribution in [0.1, 0.15) is 61.5 Å². The maximum atomic E-state index is 13.8. The minimum Gasteiger partial charge on any atom is -0.507 e. The van der Waals surface area contributed by atoms with Gasteiger partial charge in [-0.2, -0.15) is 0 Å². The van der Waals surface area contributed by atoms with Crippen molar-refractivity contribution in [1.82, 2.24) is 0 Å². The van der Waals surface area contributed by atoms with Crippen LogP contribution in [0.25, 0.3) is 0 Å². The topological polar surface area (TPSA) is 169 Å². The zero-order valence-electron chi connectivity index (χ0n) is 20.6. The summed E-state index contributed by atoms with van der Waals surface area (Å²) >= 11 is 0. The molecule has 1 aromatic rings. The maximum Gasteiger partial charge on any atom is 0.235 e. The number of primary amides is 1. The van der Waals surface area contributed by atoms with Crippen LogP contribution >= 0.6 is 0 Å². The van der Waals surface area contributed by atoms with E-state index in [-0.39, 0.29) is 36.4 Å². The molecule has 0 saturated heterocycles. The van der Waals surface area contributed by atoms with E-state index in [2.05, 4.69) is 0 Å². The summed E-state index contributed by atoms with van der Waals surface area (Å²) in [4.78, 5) is 77.7. The highest BCUT2D eigenvalue weighted by Gasteiger charge is 2.69. The molecule has 0 aromatic heterocycles. The number of phenolic OH excluding ortho intramolecular Hbond substituents is 1. The lowest BCUT2D eigenvalue weighted by molar-refractivity contribution is -0.182. The van der Waals surface area contributed by atoms with Gasteiger partial charge in [0.2, 0.25) is 5.91 Å². The van der Waals surface area contributed by atoms with Crippen molar-refractivity contribution >= 4 is 34.8 Å². The molecule has 2 unspecified atom stereocenters. The smallest absolute Gasteiger partial charge is 0.235 e. The van der Waals surface area contributed by atoms with E-state index in [1.807, 2.05) is 0 Å². The molecule has 3 aliphatic rings. The second-order valence-corrected chi connectivity index (χ2v) is 10.6. The third-order valence-electron chi connectivity index (χ3n) is 8.36. The van der Waals surface area contributed by atoms with Crippen molar-refractivity contribution in [3.05, 3.63) is 28.8 Å². The summed E-state index contributed by atoms with van der Waals surface area (Å²) in [5.41, 5.74) is 3.86. The van der Waals surface area contributed by atoms with Gasteiger partial charge in [0, 0.05) is 24.7 Å². The molecule has 2 saturated carbocycles. The first kappa shape index (κ1) is 25.9. The normalized spacial score (nSPS) is 31.6. The molecule has 0 heterocycles. The Balaban J connectivity index is 1.81. The summed E-state index contributed by atoms with van der Waals surface area (Å²) in [5.74, 6) is -11.7. The highest BCUT2D eigenvalue weighted by molar-refractivity contribution is 6.31. The number of nitrogens with two attached hydrogens (primary N) is 1. The number of fused-ring (bicyclic) bond motifs is 3. The SMILES string of the molecule is CCC(=O)CCc1ccc(O)c2c1C[C@H]1C[C@H]3[C@H](C(C)C)C(=O)C(C(N)=O)C(=O)[C@@]3(O)C(=O)C1C2=O. The lowest BCUT2D eigenvalue weighted by atomic mass is 9.49. The van der Waals surface area contributed by atoms with Crippen LogP contribution in [-0.2, 0) is 36.8 Å². The van der Waals surface area contributed by atoms with Crippen LogP contribution in [0.4, 0.5) is 0 Å². The predicted octanol–water partition coefficient (Wildman–Crippen LogP) is 1.12. The third kappa shape index (κ3) is 3.63. The first-order chi connectivity index (χ1) is 16.9. The van der Waals surface area contributed by atoms with Crippen LogP contribution in [0.3, 0.4) is 0 Å². The fourth-order valence-corrected chi connectivity index (χ4v) is 6.60. The second-order valence-electron chi connectivity index (χ2n) is 10.6. The van der Waals surface area contributed by atoms with Crippen molar-refractivity contribution in [2.45, 2.75) is 58.5 Å². The Labute approximate surface area is 208 Å². The van der Waals surface area contributed by atoms with Gasteiger partial charge in [0.25, 0.3) is 0 Å². The summed E-state index contributed by atoms with van der Waals surface area (Å²) in [6.07, 6.45) is 1.26. The molecule has 36 heavy (non-hydrogen) atoms. The fraction of sp³-hybridized carbons (Fsp3) is 0.556. The van der Waals surface area contributed by atoms with E-state index in [0.717, 1.165) is 5.56 Å². The molecule has 1 aromatic carbocycles. The van der Waals surface area contributed by atoms with Crippen LogP contribution in [0.5, 0.6) is 5.75 Å². The van der Waals surface area contributed by atoms with Gasteiger partial charge in [-0.25, -0.2) is 0 Å². The molecule has 6 atom stereocenters. The Morgan fingerprint density at radius 2 is 1.81 bits per heavy atom. The zero-order valence-corrected chi connectivity index (χ0v) is 20.6. The maximum absolute atomic E-state index is 13.8. The molecule has 0 bridgehead atoms. The van der Waals surface area contributed by atoms with E-state index in [4.69, 9.17) is 5.73 Å². The molecule has 0 radical (unpaired) electrons. The Morgan fingerprint density at radius 3 is 2.39 bits per heavy atom. The summed E-state index contributed by atoms with van der Waals surface area (Å²) in [7, 11) is 0. The molecule has 4 N–H and O–H groups in total. The molecule has 9 nitrogen and oxygen atoms in total. The number of phenols is 1. The first-order valence-electron chi connectivity index (χ1n) is 12.4. The number of hydrogen-bond donors (Lipinski definition) is 3. The second kappa shape index (κ2) is 9.03. The van der Waals surface area contributed by atoms with Crippen LogP contribution in [0.2, 0.25) is 0 Å². The highest BCUT2D eigenvalue weighted by Crippen LogP contribution is 2.53. The molecule has 4 rings (SSSR count). The van der Waals surface area contributed by atoms with Gasteiger partial charge in [0.15, 0.2) is 34.7 Å². The Hall–Kier alpha value is -3.20. The van der Waals surface area contributed by atoms with E-state index in [1.165, 1.54) is 6.07 Å². The quantitative estimate of drug-likeness (QED) is 0.491. The van der Waals surface area contributed by atoms with E-state index in [1.54, 1.807) is 26.8 Å². The molecule has 2 fully saturated rings. The Morgan fingerprint density at radius 1 is 1.14 bits per heavy atom. The van der Waals surface area contributed by atoms with Crippen molar-refractivity contribution < 1.29 is 39.0 Å². The van der Waals surface area contributed by atoms with E-state index < -0.39 is 70.1 Å². The van der Waals surface area contributed by atoms with Gasteiger partial charge in [-0.05, 0) is 48.3 Å². The number of Topliss-reactive ketones (excluding diaryl/α,β-unsaturated/α-hetero) is 5. The number of carbonyl (C=O) groups is 6. The number of ketones is 5. The number of aromatic hydroxyl groups is 1. The first-order valence-corrected chi connectivity index (χ1v) is 12.4. The minimum absolute atomic E-state index is 0.0346. The zero-order chi connectivity index (χ0) is 26.7. The van der Waals surface area contributed by atoms with Gasteiger partial charge in [-0.1, -0.05) is 26.8 Å². The van der Waals surface area contributed by atoms with E-state index in [9.17, 15) is 39.0 Å². The van der Waals surface area contributed by atoms with Crippen molar-refractivity contribution in [2.24, 2.45) is 41.2 Å². The third-order valence-corrected chi connectivity index (χ3v) is 8.36. The molecule has 1 amide bonds. The van der Waals surface area contributed by atoms with Crippen LogP contribution < -0.4 is 5.73 Å². The van der Waals surface area contributed by atoms with Crippen molar-refractivity contribution in [2.75, 3.05) is 0 Å². The Bertz CT molecular complexity index is 1200. The number of hydrogen-bond acceptors (Lipinski definition) is 8. The minimum atomic E-state index is -2.70. The Kier molecular flexibility index (Phi) is 6.49. The summed E-state index contributed by atoms with van der Waals surface area (Å²) in [5, 5.41) is 22.1. The van der Waals surface area contributed by atoms with Gasteiger partial charge in [-0.3, -0.25) is 28.8 Å². The van der Waals surface area contributed by atoms with Crippen molar-refractivity contribution in [3.63, 3.8) is 0 Å². The van der Waals surface area contributed by atoms with Gasteiger partial charge in [-0.15, -0.1) is 0 Å². The standard InChI is InChI=1S/C27H31NO8/c1-4-14(29)7-5-12-6-8-17(30)20-15(12)9-13-10-16-18(11(2)3)22(31)21(26(28)35)25(34)27(16,36)24(33)19(13)23(20)32/h6,8,11,13,16,18-19,21,30,36H,4-5,7,9-10H2,1-3H3,(H2,28,35)/t13-,16-,18-,19?,21?,27-/m0/s1.